The molecule has 0 aromatic heterocycles. The van der Waals surface area contributed by atoms with Crippen molar-refractivity contribution in [1.29, 1.82) is 0 Å². The number of hydrogen-bond donors (Lipinski definition) is 0. The third-order valence-corrected chi connectivity index (χ3v) is 3.80. The Morgan fingerprint density at radius 3 is 2.33 bits per heavy atom. The highest BCUT2D eigenvalue weighted by Gasteiger charge is 2.27. The molecule has 1 aliphatic heterocycles. The van der Waals surface area contributed by atoms with E-state index < -0.39 is 5.60 Å². The van der Waals surface area contributed by atoms with E-state index in [4.69, 9.17) is 4.74 Å². The lowest BCUT2D eigenvalue weighted by Crippen LogP contribution is -2.51. The Morgan fingerprint density at radius 2 is 1.75 bits per heavy atom. The van der Waals surface area contributed by atoms with Crippen molar-refractivity contribution in [1.82, 2.24) is 9.80 Å². The van der Waals surface area contributed by atoms with Gasteiger partial charge < -0.3 is 14.5 Å². The summed E-state index contributed by atoms with van der Waals surface area (Å²) in [6.07, 6.45) is 0.521. The Balaban J connectivity index is 1.77. The van der Waals surface area contributed by atoms with Crippen LogP contribution >= 0.6 is 0 Å². The Labute approximate surface area is 142 Å². The summed E-state index contributed by atoms with van der Waals surface area (Å²) in [7, 11) is 0. The van der Waals surface area contributed by atoms with Crippen molar-refractivity contribution < 1.29 is 18.7 Å². The van der Waals surface area contributed by atoms with Crippen molar-refractivity contribution in [3.63, 3.8) is 0 Å². The van der Waals surface area contributed by atoms with Crippen LogP contribution in [0, 0.1) is 5.82 Å². The lowest BCUT2D eigenvalue weighted by atomic mass is 10.1. The van der Waals surface area contributed by atoms with E-state index in [1.54, 1.807) is 15.9 Å². The van der Waals surface area contributed by atoms with Crippen LogP contribution in [0.4, 0.5) is 9.18 Å². The fraction of sp³-hybridized carbons (Fsp3) is 0.556. The number of nitrogens with zero attached hydrogens (tertiary/aromatic N) is 2. The van der Waals surface area contributed by atoms with Gasteiger partial charge in [0.05, 0.1) is 0 Å². The van der Waals surface area contributed by atoms with Crippen LogP contribution in [-0.2, 0) is 16.0 Å². The molecule has 1 aromatic rings. The van der Waals surface area contributed by atoms with Gasteiger partial charge in [0.15, 0.2) is 0 Å². The minimum absolute atomic E-state index is 0.0306. The molecule has 0 unspecified atom stereocenters. The van der Waals surface area contributed by atoms with E-state index in [1.165, 1.54) is 12.1 Å². The third-order valence-electron chi connectivity index (χ3n) is 3.80. The van der Waals surface area contributed by atoms with Crippen LogP contribution in [0.25, 0.3) is 0 Å². The van der Waals surface area contributed by atoms with Crippen molar-refractivity contribution in [3.05, 3.63) is 35.6 Å². The molecule has 24 heavy (non-hydrogen) atoms. The smallest absolute Gasteiger partial charge is 0.410 e. The van der Waals surface area contributed by atoms with Crippen molar-refractivity contribution in [3.8, 4) is 0 Å². The highest BCUT2D eigenvalue weighted by Crippen LogP contribution is 2.13. The van der Waals surface area contributed by atoms with Gasteiger partial charge in [-0.1, -0.05) is 12.1 Å². The van der Waals surface area contributed by atoms with Crippen molar-refractivity contribution in [2.75, 3.05) is 26.2 Å². The molecular weight excluding hydrogens is 311 g/mol. The first-order valence-electron chi connectivity index (χ1n) is 8.25. The lowest BCUT2D eigenvalue weighted by Gasteiger charge is -2.35. The van der Waals surface area contributed by atoms with Crippen molar-refractivity contribution in [2.24, 2.45) is 0 Å². The molecule has 1 heterocycles. The first kappa shape index (κ1) is 18.2. The second-order valence-electron chi connectivity index (χ2n) is 6.98. The van der Waals surface area contributed by atoms with E-state index in [-0.39, 0.29) is 17.8 Å². The van der Waals surface area contributed by atoms with Gasteiger partial charge in [0.25, 0.3) is 0 Å². The first-order chi connectivity index (χ1) is 11.2. The Morgan fingerprint density at radius 1 is 1.12 bits per heavy atom. The monoisotopic (exact) mass is 336 g/mol. The molecule has 1 aliphatic rings. The number of rotatable bonds is 3. The minimum atomic E-state index is -0.519. The van der Waals surface area contributed by atoms with Crippen LogP contribution in [0.1, 0.15) is 32.8 Å². The van der Waals surface area contributed by atoms with Gasteiger partial charge in [-0.25, -0.2) is 9.18 Å². The minimum Gasteiger partial charge on any atom is -0.444 e. The zero-order valence-electron chi connectivity index (χ0n) is 14.5. The Kier molecular flexibility index (Phi) is 5.80. The number of piperazine rings is 1. The second-order valence-corrected chi connectivity index (χ2v) is 6.98. The quantitative estimate of drug-likeness (QED) is 0.853. The molecule has 0 aliphatic carbocycles. The summed E-state index contributed by atoms with van der Waals surface area (Å²) < 4.78 is 18.5. The molecule has 0 bridgehead atoms. The highest BCUT2D eigenvalue weighted by atomic mass is 19.1. The fourth-order valence-corrected chi connectivity index (χ4v) is 2.57. The number of halogens is 1. The number of benzene rings is 1. The van der Waals surface area contributed by atoms with Crippen LogP contribution in [0.15, 0.2) is 24.3 Å². The maximum atomic E-state index is 13.1. The molecular formula is C18H25FN2O3. The standard InChI is InChI=1S/C18H25FN2O3/c1-18(2,3)24-17(23)21-11-9-20(10-12-21)16(22)8-7-14-5-4-6-15(19)13-14/h4-6,13H,7-12H2,1-3H3. The molecule has 1 saturated heterocycles. The van der Waals surface area contributed by atoms with Gasteiger partial charge in [-0.2, -0.15) is 0 Å². The first-order valence-corrected chi connectivity index (χ1v) is 8.25. The third kappa shape index (κ3) is 5.51. The topological polar surface area (TPSA) is 49.9 Å². The SMILES string of the molecule is CC(C)(C)OC(=O)N1CCN(C(=O)CCc2cccc(F)c2)CC1. The summed E-state index contributed by atoms with van der Waals surface area (Å²) in [5.74, 6) is -0.256. The molecule has 1 fully saturated rings. The van der Waals surface area contributed by atoms with E-state index in [1.807, 2.05) is 26.8 Å². The normalized spacial score (nSPS) is 15.3. The number of carbonyl (C=O) groups excluding carboxylic acids is 2. The number of aryl methyl sites for hydroxylation is 1. The van der Waals surface area contributed by atoms with Crippen LogP contribution in [-0.4, -0.2) is 53.6 Å². The van der Waals surface area contributed by atoms with Crippen LogP contribution in [0.2, 0.25) is 0 Å². The molecule has 0 N–H and O–H groups in total. The lowest BCUT2D eigenvalue weighted by molar-refractivity contribution is -0.132. The van der Waals surface area contributed by atoms with Gasteiger partial charge >= 0.3 is 6.09 Å². The van der Waals surface area contributed by atoms with Crippen molar-refractivity contribution >= 4 is 12.0 Å². The number of ether oxygens (including phenoxy) is 1. The van der Waals surface area contributed by atoms with E-state index in [0.29, 0.717) is 39.0 Å². The molecule has 132 valence electrons. The van der Waals surface area contributed by atoms with Gasteiger partial charge in [-0.3, -0.25) is 4.79 Å². The van der Waals surface area contributed by atoms with Gasteiger partial charge in [0, 0.05) is 32.6 Å². The van der Waals surface area contributed by atoms with E-state index >= 15 is 0 Å². The van der Waals surface area contributed by atoms with Crippen LogP contribution < -0.4 is 0 Å². The molecule has 6 heteroatoms. The van der Waals surface area contributed by atoms with Crippen molar-refractivity contribution in [2.45, 2.75) is 39.2 Å². The summed E-state index contributed by atoms with van der Waals surface area (Å²) in [5, 5.41) is 0. The fourth-order valence-electron chi connectivity index (χ4n) is 2.57. The molecule has 0 spiro atoms. The maximum absolute atomic E-state index is 13.1. The number of hydrogen-bond acceptors (Lipinski definition) is 3. The Bertz CT molecular complexity index is 590. The van der Waals surface area contributed by atoms with E-state index in [2.05, 4.69) is 0 Å². The summed E-state index contributed by atoms with van der Waals surface area (Å²) >= 11 is 0. The predicted molar refractivity (Wildman–Crippen MR) is 89.1 cm³/mol. The predicted octanol–water partition coefficient (Wildman–Crippen LogP) is 2.84. The summed E-state index contributed by atoms with van der Waals surface area (Å²) in [4.78, 5) is 27.6. The molecule has 0 saturated carbocycles. The number of amides is 2. The average molecular weight is 336 g/mol. The van der Waals surface area contributed by atoms with Crippen LogP contribution in [0.5, 0.6) is 0 Å². The second kappa shape index (κ2) is 7.64. The zero-order chi connectivity index (χ0) is 17.7. The number of carbonyl (C=O) groups is 2. The summed E-state index contributed by atoms with van der Waals surface area (Å²) in [6, 6.07) is 6.31. The Hall–Kier alpha value is -2.11. The molecule has 2 rings (SSSR count). The van der Waals surface area contributed by atoms with E-state index in [9.17, 15) is 14.0 Å². The van der Waals surface area contributed by atoms with Gasteiger partial charge in [0.1, 0.15) is 11.4 Å². The molecule has 2 amide bonds. The largest absolute Gasteiger partial charge is 0.444 e. The summed E-state index contributed by atoms with van der Waals surface area (Å²) in [6.45, 7) is 7.44. The molecule has 0 atom stereocenters. The summed E-state index contributed by atoms with van der Waals surface area (Å²) in [5.41, 5.74) is 0.297. The zero-order valence-corrected chi connectivity index (χ0v) is 14.5. The average Bonchev–Trinajstić information content (AvgIpc) is 2.51. The highest BCUT2D eigenvalue weighted by molar-refractivity contribution is 5.77. The van der Waals surface area contributed by atoms with E-state index in [0.717, 1.165) is 5.56 Å². The molecule has 5 nitrogen and oxygen atoms in total. The van der Waals surface area contributed by atoms with Gasteiger partial charge in [-0.15, -0.1) is 0 Å². The molecule has 1 aromatic carbocycles. The van der Waals surface area contributed by atoms with Gasteiger partial charge in [0.2, 0.25) is 5.91 Å². The van der Waals surface area contributed by atoms with Crippen LogP contribution in [0.3, 0.4) is 0 Å². The molecule has 0 radical (unpaired) electrons. The maximum Gasteiger partial charge on any atom is 0.410 e. The van der Waals surface area contributed by atoms with Gasteiger partial charge in [-0.05, 0) is 44.9 Å².